The van der Waals surface area contributed by atoms with E-state index in [4.69, 9.17) is 15.1 Å². The van der Waals surface area contributed by atoms with E-state index < -0.39 is 0 Å². The maximum Gasteiger partial charge on any atom is 0.217 e. The Morgan fingerprint density at radius 2 is 2.13 bits per heavy atom. The van der Waals surface area contributed by atoms with Gasteiger partial charge < -0.3 is 10.2 Å². The zero-order valence-electron chi connectivity index (χ0n) is 18.0. The summed E-state index contributed by atoms with van der Waals surface area (Å²) in [5, 5.41) is 8.86. The highest BCUT2D eigenvalue weighted by molar-refractivity contribution is 7.98. The number of pyridine rings is 1. The van der Waals surface area contributed by atoms with Crippen LogP contribution in [0.4, 0.5) is 0 Å². The molecule has 158 valence electrons. The highest BCUT2D eigenvalue weighted by atomic mass is 32.2. The lowest BCUT2D eigenvalue weighted by atomic mass is 9.98. The number of hydrogen-bond donors (Lipinski definition) is 1. The smallest absolute Gasteiger partial charge is 0.217 e. The van der Waals surface area contributed by atoms with Gasteiger partial charge in [0.25, 0.3) is 0 Å². The number of likely N-dealkylation sites (tertiary alicyclic amines) is 1. The molecule has 7 nitrogen and oxygen atoms in total. The van der Waals surface area contributed by atoms with Crippen LogP contribution < -0.4 is 5.32 Å². The van der Waals surface area contributed by atoms with E-state index in [2.05, 4.69) is 48.6 Å². The van der Waals surface area contributed by atoms with Crippen LogP contribution in [0.5, 0.6) is 0 Å². The van der Waals surface area contributed by atoms with Gasteiger partial charge in [0, 0.05) is 29.7 Å². The SMILES string of the molecule is CSc1ccc2c(C)cc(-n3nc(C4CCCN(C)C4)nc3CNC(C)=O)nc2c1. The molecule has 1 N–H and O–H groups in total. The fraction of sp³-hybridized carbons (Fsp3) is 0.455. The summed E-state index contributed by atoms with van der Waals surface area (Å²) in [5.74, 6) is 2.49. The van der Waals surface area contributed by atoms with Crippen LogP contribution in [0.1, 0.15) is 42.9 Å². The molecule has 1 fully saturated rings. The first-order valence-corrected chi connectivity index (χ1v) is 11.5. The van der Waals surface area contributed by atoms with E-state index in [-0.39, 0.29) is 5.91 Å². The average molecular weight is 425 g/mol. The molecule has 1 amide bonds. The first-order valence-electron chi connectivity index (χ1n) is 10.3. The molecule has 8 heteroatoms. The monoisotopic (exact) mass is 424 g/mol. The summed E-state index contributed by atoms with van der Waals surface area (Å²) in [6.45, 7) is 5.99. The molecular formula is C22H28N6OS. The van der Waals surface area contributed by atoms with Crippen LogP contribution in [0.3, 0.4) is 0 Å². The maximum absolute atomic E-state index is 11.5. The minimum Gasteiger partial charge on any atom is -0.349 e. The predicted octanol–water partition coefficient (Wildman–Crippen LogP) is 3.29. The summed E-state index contributed by atoms with van der Waals surface area (Å²) in [6, 6.07) is 8.40. The third kappa shape index (κ3) is 4.34. The summed E-state index contributed by atoms with van der Waals surface area (Å²) in [6.07, 6.45) is 4.28. The number of hydrogen-bond acceptors (Lipinski definition) is 6. The van der Waals surface area contributed by atoms with Crippen molar-refractivity contribution in [3.63, 3.8) is 0 Å². The van der Waals surface area contributed by atoms with E-state index in [0.717, 1.165) is 54.0 Å². The number of aryl methyl sites for hydroxylation is 1. The van der Waals surface area contributed by atoms with Gasteiger partial charge in [-0.3, -0.25) is 4.79 Å². The Kier molecular flexibility index (Phi) is 6.06. The Bertz CT molecular complexity index is 1080. The van der Waals surface area contributed by atoms with Gasteiger partial charge in [0.2, 0.25) is 5.91 Å². The number of benzene rings is 1. The molecule has 0 spiro atoms. The van der Waals surface area contributed by atoms with Crippen molar-refractivity contribution in [3.05, 3.63) is 41.5 Å². The van der Waals surface area contributed by atoms with Gasteiger partial charge in [0.15, 0.2) is 17.5 Å². The molecule has 1 saturated heterocycles. The normalized spacial score (nSPS) is 17.4. The van der Waals surface area contributed by atoms with Crippen LogP contribution in [0.25, 0.3) is 16.7 Å². The zero-order valence-corrected chi connectivity index (χ0v) is 18.8. The third-order valence-electron chi connectivity index (χ3n) is 5.60. The lowest BCUT2D eigenvalue weighted by molar-refractivity contribution is -0.119. The Hall–Kier alpha value is -2.45. The number of aromatic nitrogens is 4. The van der Waals surface area contributed by atoms with Crippen LogP contribution in [0.15, 0.2) is 29.2 Å². The molecule has 1 unspecified atom stereocenters. The highest BCUT2D eigenvalue weighted by Crippen LogP contribution is 2.27. The largest absolute Gasteiger partial charge is 0.349 e. The number of rotatable bonds is 5. The van der Waals surface area contributed by atoms with E-state index in [1.807, 2.05) is 6.07 Å². The molecule has 0 radical (unpaired) electrons. The summed E-state index contributed by atoms with van der Waals surface area (Å²) in [7, 11) is 2.14. The summed E-state index contributed by atoms with van der Waals surface area (Å²) < 4.78 is 1.80. The summed E-state index contributed by atoms with van der Waals surface area (Å²) in [4.78, 5) is 24.7. The molecule has 0 saturated carbocycles. The van der Waals surface area contributed by atoms with Crippen LogP contribution in [0, 0.1) is 6.92 Å². The van der Waals surface area contributed by atoms with Crippen LogP contribution >= 0.6 is 11.8 Å². The van der Waals surface area contributed by atoms with Gasteiger partial charge in [-0.1, -0.05) is 6.07 Å². The van der Waals surface area contributed by atoms with Crippen LogP contribution in [-0.4, -0.2) is 56.9 Å². The number of piperidine rings is 1. The second-order valence-corrected chi connectivity index (χ2v) is 8.87. The first kappa shape index (κ1) is 20.8. The molecule has 1 aromatic carbocycles. The number of thioether (sulfide) groups is 1. The van der Waals surface area contributed by atoms with Crippen molar-refractivity contribution in [2.24, 2.45) is 0 Å². The first-order chi connectivity index (χ1) is 14.4. The van der Waals surface area contributed by atoms with Gasteiger partial charge in [-0.25, -0.2) is 9.97 Å². The molecule has 30 heavy (non-hydrogen) atoms. The standard InChI is InChI=1S/C22H28N6OS/c1-14-10-20(24-19-11-17(30-4)7-8-18(14)19)28-21(12-23-15(2)29)25-22(26-28)16-6-5-9-27(3)13-16/h7-8,10-11,16H,5-6,9,12-13H2,1-4H3,(H,23,29). The molecule has 0 aliphatic carbocycles. The maximum atomic E-state index is 11.5. The number of carbonyl (C=O) groups excluding carboxylic acids is 1. The molecule has 1 aliphatic heterocycles. The molecule has 3 heterocycles. The van der Waals surface area contributed by atoms with E-state index >= 15 is 0 Å². The second-order valence-electron chi connectivity index (χ2n) is 7.99. The third-order valence-corrected chi connectivity index (χ3v) is 6.33. The van der Waals surface area contributed by atoms with Crippen molar-refractivity contribution < 1.29 is 4.79 Å². The predicted molar refractivity (Wildman–Crippen MR) is 120 cm³/mol. The topological polar surface area (TPSA) is 75.9 Å². The molecule has 4 rings (SSSR count). The summed E-state index contributed by atoms with van der Waals surface area (Å²) >= 11 is 1.70. The van der Waals surface area contributed by atoms with Gasteiger partial charge in [-0.2, -0.15) is 4.68 Å². The van der Waals surface area contributed by atoms with E-state index in [9.17, 15) is 4.79 Å². The highest BCUT2D eigenvalue weighted by Gasteiger charge is 2.25. The van der Waals surface area contributed by atoms with Gasteiger partial charge in [0.05, 0.1) is 12.1 Å². The van der Waals surface area contributed by atoms with Crippen molar-refractivity contribution in [1.82, 2.24) is 30.0 Å². The van der Waals surface area contributed by atoms with E-state index in [0.29, 0.717) is 18.3 Å². The Morgan fingerprint density at radius 1 is 1.30 bits per heavy atom. The Morgan fingerprint density at radius 3 is 2.87 bits per heavy atom. The Labute approximate surface area is 181 Å². The molecule has 3 aromatic rings. The average Bonchev–Trinajstić information content (AvgIpc) is 3.16. The number of nitrogens with zero attached hydrogens (tertiary/aromatic N) is 5. The van der Waals surface area contributed by atoms with Gasteiger partial charge in [-0.15, -0.1) is 16.9 Å². The zero-order chi connectivity index (χ0) is 21.3. The second kappa shape index (κ2) is 8.73. The molecule has 1 atom stereocenters. The number of carbonyl (C=O) groups is 1. The van der Waals surface area contributed by atoms with Crippen molar-refractivity contribution in [1.29, 1.82) is 0 Å². The van der Waals surface area contributed by atoms with Crippen LogP contribution in [-0.2, 0) is 11.3 Å². The van der Waals surface area contributed by atoms with E-state index in [1.165, 1.54) is 11.8 Å². The van der Waals surface area contributed by atoms with Crippen molar-refractivity contribution >= 4 is 28.6 Å². The quantitative estimate of drug-likeness (QED) is 0.634. The fourth-order valence-corrected chi connectivity index (χ4v) is 4.45. The number of likely N-dealkylation sites (N-methyl/N-ethyl adjacent to an activating group) is 1. The van der Waals surface area contributed by atoms with Crippen molar-refractivity contribution in [2.75, 3.05) is 26.4 Å². The molecule has 2 aromatic heterocycles. The summed E-state index contributed by atoms with van der Waals surface area (Å²) in [5.41, 5.74) is 2.08. The van der Waals surface area contributed by atoms with Gasteiger partial charge in [-0.05, 0) is 63.4 Å². The molecule has 0 bridgehead atoms. The minimum absolute atomic E-state index is 0.0873. The number of fused-ring (bicyclic) bond motifs is 1. The van der Waals surface area contributed by atoms with Gasteiger partial charge in [0.1, 0.15) is 0 Å². The fourth-order valence-electron chi connectivity index (χ4n) is 4.01. The number of amides is 1. The Balaban J connectivity index is 1.78. The lowest BCUT2D eigenvalue weighted by Crippen LogP contribution is -2.31. The molecular weight excluding hydrogens is 396 g/mol. The van der Waals surface area contributed by atoms with Gasteiger partial charge >= 0.3 is 0 Å². The van der Waals surface area contributed by atoms with Crippen molar-refractivity contribution in [2.45, 2.75) is 44.0 Å². The van der Waals surface area contributed by atoms with Crippen LogP contribution in [0.2, 0.25) is 0 Å². The molecule has 1 aliphatic rings. The van der Waals surface area contributed by atoms with E-state index in [1.54, 1.807) is 16.4 Å². The van der Waals surface area contributed by atoms with Crippen molar-refractivity contribution in [3.8, 4) is 5.82 Å². The number of nitrogens with one attached hydrogen (secondary N) is 1. The minimum atomic E-state index is -0.0873. The lowest BCUT2D eigenvalue weighted by Gasteiger charge is -2.27.